The second-order valence-corrected chi connectivity index (χ2v) is 7.36. The molecule has 2 aromatic carbocycles. The molecule has 1 saturated heterocycles. The highest BCUT2D eigenvalue weighted by atomic mass is 16.2. The van der Waals surface area contributed by atoms with Crippen LogP contribution in [0.4, 0.5) is 16.3 Å². The first-order valence-corrected chi connectivity index (χ1v) is 9.47. The molecule has 2 amide bonds. The Morgan fingerprint density at radius 3 is 2.81 bits per heavy atom. The van der Waals surface area contributed by atoms with Crippen LogP contribution in [0.25, 0.3) is 10.9 Å². The number of aromatic nitrogens is 1. The summed E-state index contributed by atoms with van der Waals surface area (Å²) >= 11 is 0. The minimum atomic E-state index is 0.0560. The highest BCUT2D eigenvalue weighted by Gasteiger charge is 2.26. The summed E-state index contributed by atoms with van der Waals surface area (Å²) in [5.74, 6) is 0.897. The van der Waals surface area contributed by atoms with Crippen molar-refractivity contribution in [3.8, 4) is 0 Å². The van der Waals surface area contributed by atoms with Gasteiger partial charge in [0.2, 0.25) is 0 Å². The van der Waals surface area contributed by atoms with Crippen LogP contribution in [0, 0.1) is 0 Å². The smallest absolute Gasteiger partial charge is 0.324 e. The standard InChI is InChI=1S/C22H22N4O/c1-25-12-13-26(22(25)27)17-8-10-19-16(14-17)7-11-21(23-19)24-20-9-6-15-4-2-3-5-18(15)20/h2-5,7-8,10-11,14,20H,6,9,12-13H2,1H3,(H,23,24). The van der Waals surface area contributed by atoms with Crippen molar-refractivity contribution in [2.24, 2.45) is 0 Å². The fraction of sp³-hybridized carbons (Fsp3) is 0.273. The maximum atomic E-state index is 12.2. The molecule has 0 bridgehead atoms. The third kappa shape index (κ3) is 2.79. The lowest BCUT2D eigenvalue weighted by molar-refractivity contribution is 0.229. The number of carbonyl (C=O) groups is 1. The third-order valence-electron chi connectivity index (χ3n) is 5.66. The highest BCUT2D eigenvalue weighted by molar-refractivity contribution is 5.96. The second kappa shape index (κ2) is 6.27. The summed E-state index contributed by atoms with van der Waals surface area (Å²) in [6.07, 6.45) is 2.21. The van der Waals surface area contributed by atoms with Gasteiger partial charge < -0.3 is 10.2 Å². The first kappa shape index (κ1) is 16.1. The van der Waals surface area contributed by atoms with Gasteiger partial charge in [-0.25, -0.2) is 9.78 Å². The van der Waals surface area contributed by atoms with Gasteiger partial charge in [0.05, 0.1) is 11.6 Å². The molecular weight excluding hydrogens is 336 g/mol. The summed E-state index contributed by atoms with van der Waals surface area (Å²) in [7, 11) is 1.84. The minimum absolute atomic E-state index is 0.0560. The first-order valence-electron chi connectivity index (χ1n) is 9.47. The van der Waals surface area contributed by atoms with Crippen LogP contribution in [0.1, 0.15) is 23.6 Å². The molecule has 1 atom stereocenters. The van der Waals surface area contributed by atoms with E-state index in [1.807, 2.05) is 36.2 Å². The molecule has 2 heterocycles. The van der Waals surface area contributed by atoms with Gasteiger partial charge in [-0.15, -0.1) is 0 Å². The molecule has 1 fully saturated rings. The van der Waals surface area contributed by atoms with E-state index in [-0.39, 0.29) is 6.03 Å². The summed E-state index contributed by atoms with van der Waals surface area (Å²) in [6, 6.07) is 19.2. The first-order chi connectivity index (χ1) is 13.2. The van der Waals surface area contributed by atoms with E-state index in [0.717, 1.165) is 48.3 Å². The van der Waals surface area contributed by atoms with Crippen LogP contribution < -0.4 is 10.2 Å². The quantitative estimate of drug-likeness (QED) is 0.763. The number of aryl methyl sites for hydroxylation is 1. The summed E-state index contributed by atoms with van der Waals surface area (Å²) in [5, 5.41) is 4.64. The molecule has 5 heteroatoms. The fourth-order valence-electron chi connectivity index (χ4n) is 4.13. The summed E-state index contributed by atoms with van der Waals surface area (Å²) in [5.41, 5.74) is 4.69. The summed E-state index contributed by atoms with van der Waals surface area (Å²) in [6.45, 7) is 1.50. The Bertz CT molecular complexity index is 1030. The Hall–Kier alpha value is -3.08. The normalized spacial score (nSPS) is 19.0. The minimum Gasteiger partial charge on any atom is -0.363 e. The zero-order valence-corrected chi connectivity index (χ0v) is 15.4. The van der Waals surface area contributed by atoms with Gasteiger partial charge in [0.15, 0.2) is 0 Å². The highest BCUT2D eigenvalue weighted by Crippen LogP contribution is 2.33. The number of fused-ring (bicyclic) bond motifs is 2. The number of likely N-dealkylation sites (N-methyl/N-ethyl adjacent to an activating group) is 1. The van der Waals surface area contributed by atoms with Crippen molar-refractivity contribution in [3.63, 3.8) is 0 Å². The number of nitrogens with one attached hydrogen (secondary N) is 1. The van der Waals surface area contributed by atoms with Crippen molar-refractivity contribution in [3.05, 3.63) is 65.7 Å². The average molecular weight is 358 g/mol. The maximum absolute atomic E-state index is 12.2. The monoisotopic (exact) mass is 358 g/mol. The van der Waals surface area contributed by atoms with Gasteiger partial charge >= 0.3 is 6.03 Å². The van der Waals surface area contributed by atoms with Gasteiger partial charge in [0.1, 0.15) is 5.82 Å². The van der Waals surface area contributed by atoms with E-state index >= 15 is 0 Å². The Labute approximate surface area is 158 Å². The summed E-state index contributed by atoms with van der Waals surface area (Å²) < 4.78 is 0. The van der Waals surface area contributed by atoms with Crippen molar-refractivity contribution in [2.45, 2.75) is 18.9 Å². The van der Waals surface area contributed by atoms with E-state index in [1.165, 1.54) is 11.1 Å². The van der Waals surface area contributed by atoms with E-state index in [0.29, 0.717) is 6.04 Å². The van der Waals surface area contributed by atoms with Crippen LogP contribution in [-0.2, 0) is 6.42 Å². The van der Waals surface area contributed by atoms with Gasteiger partial charge in [-0.1, -0.05) is 24.3 Å². The molecule has 5 rings (SSSR count). The molecule has 3 aromatic rings. The van der Waals surface area contributed by atoms with Crippen molar-refractivity contribution in [1.29, 1.82) is 0 Å². The number of carbonyl (C=O) groups excluding carboxylic acids is 1. The van der Waals surface area contributed by atoms with Crippen LogP contribution in [0.2, 0.25) is 0 Å². The van der Waals surface area contributed by atoms with Crippen LogP contribution >= 0.6 is 0 Å². The molecular formula is C22H22N4O. The largest absolute Gasteiger partial charge is 0.363 e. The van der Waals surface area contributed by atoms with E-state index in [4.69, 9.17) is 4.98 Å². The number of anilines is 2. The van der Waals surface area contributed by atoms with Gasteiger partial charge in [-0.05, 0) is 54.3 Å². The molecule has 5 nitrogen and oxygen atoms in total. The van der Waals surface area contributed by atoms with Crippen LogP contribution in [0.15, 0.2) is 54.6 Å². The Morgan fingerprint density at radius 2 is 1.96 bits per heavy atom. The molecule has 27 heavy (non-hydrogen) atoms. The molecule has 1 unspecified atom stereocenters. The molecule has 1 N–H and O–H groups in total. The summed E-state index contributed by atoms with van der Waals surface area (Å²) in [4.78, 5) is 20.6. The van der Waals surface area contributed by atoms with E-state index in [1.54, 1.807) is 4.90 Å². The number of hydrogen-bond acceptors (Lipinski definition) is 3. The average Bonchev–Trinajstić information content (AvgIpc) is 3.25. The Kier molecular flexibility index (Phi) is 3.74. The van der Waals surface area contributed by atoms with Gasteiger partial charge in [0, 0.05) is 31.2 Å². The zero-order valence-electron chi connectivity index (χ0n) is 15.4. The number of benzene rings is 2. The van der Waals surface area contributed by atoms with Crippen molar-refractivity contribution in [2.75, 3.05) is 30.4 Å². The van der Waals surface area contributed by atoms with Crippen molar-refractivity contribution < 1.29 is 4.79 Å². The van der Waals surface area contributed by atoms with Crippen LogP contribution in [0.3, 0.4) is 0 Å². The van der Waals surface area contributed by atoms with Gasteiger partial charge in [0.25, 0.3) is 0 Å². The van der Waals surface area contributed by atoms with Gasteiger partial charge in [-0.3, -0.25) is 4.90 Å². The maximum Gasteiger partial charge on any atom is 0.324 e. The number of amides is 2. The zero-order chi connectivity index (χ0) is 18.4. The second-order valence-electron chi connectivity index (χ2n) is 7.36. The third-order valence-corrected chi connectivity index (χ3v) is 5.66. The lowest BCUT2D eigenvalue weighted by Crippen LogP contribution is -2.29. The van der Waals surface area contributed by atoms with E-state index in [9.17, 15) is 4.79 Å². The lowest BCUT2D eigenvalue weighted by Gasteiger charge is -2.17. The number of rotatable bonds is 3. The lowest BCUT2D eigenvalue weighted by atomic mass is 10.1. The van der Waals surface area contributed by atoms with Gasteiger partial charge in [-0.2, -0.15) is 0 Å². The molecule has 0 radical (unpaired) electrons. The van der Waals surface area contributed by atoms with Crippen LogP contribution in [-0.4, -0.2) is 36.1 Å². The molecule has 1 aliphatic heterocycles. The number of hydrogen-bond donors (Lipinski definition) is 1. The molecule has 0 spiro atoms. The molecule has 136 valence electrons. The SMILES string of the molecule is CN1CCN(c2ccc3nc(NC4CCc5ccccc54)ccc3c2)C1=O. The van der Waals surface area contributed by atoms with E-state index < -0.39 is 0 Å². The Balaban J connectivity index is 1.40. The van der Waals surface area contributed by atoms with E-state index in [2.05, 4.69) is 35.6 Å². The van der Waals surface area contributed by atoms with Crippen molar-refractivity contribution >= 4 is 28.4 Å². The number of urea groups is 1. The molecule has 2 aliphatic rings. The fourth-order valence-corrected chi connectivity index (χ4v) is 4.13. The topological polar surface area (TPSA) is 48.5 Å². The Morgan fingerprint density at radius 1 is 1.07 bits per heavy atom. The molecule has 0 saturated carbocycles. The number of nitrogens with zero attached hydrogens (tertiary/aromatic N) is 3. The number of pyridine rings is 1. The molecule has 1 aromatic heterocycles. The predicted molar refractivity (Wildman–Crippen MR) is 108 cm³/mol. The molecule has 1 aliphatic carbocycles. The predicted octanol–water partition coefficient (Wildman–Crippen LogP) is 4.21. The van der Waals surface area contributed by atoms with Crippen molar-refractivity contribution in [1.82, 2.24) is 9.88 Å². The van der Waals surface area contributed by atoms with Crippen LogP contribution in [0.5, 0.6) is 0 Å².